The lowest BCUT2D eigenvalue weighted by Gasteiger charge is -2.17. The Balaban J connectivity index is 1.36. The summed E-state index contributed by atoms with van der Waals surface area (Å²) in [5.74, 6) is 3.07. The van der Waals surface area contributed by atoms with E-state index in [1.54, 1.807) is 11.3 Å². The van der Waals surface area contributed by atoms with Gasteiger partial charge in [-0.3, -0.25) is 0 Å². The van der Waals surface area contributed by atoms with Crippen LogP contribution in [-0.2, 0) is 18.6 Å². The number of benzene rings is 1. The van der Waals surface area contributed by atoms with Gasteiger partial charge in [0.25, 0.3) is 5.22 Å². The third kappa shape index (κ3) is 3.70. The van der Waals surface area contributed by atoms with E-state index in [-0.39, 0.29) is 0 Å². The molecule has 1 unspecified atom stereocenters. The fourth-order valence-corrected chi connectivity index (χ4v) is 6.12. The Kier molecular flexibility index (Phi) is 4.99. The molecule has 0 aliphatic heterocycles. The van der Waals surface area contributed by atoms with E-state index in [0.29, 0.717) is 28.5 Å². The summed E-state index contributed by atoms with van der Waals surface area (Å²) in [5, 5.41) is 9.94. The molecule has 0 fully saturated rings. The summed E-state index contributed by atoms with van der Waals surface area (Å²) < 4.78 is 5.85. The van der Waals surface area contributed by atoms with Crippen LogP contribution in [0.4, 0.5) is 5.82 Å². The molecule has 1 aliphatic carbocycles. The third-order valence-corrected chi connectivity index (χ3v) is 7.39. The highest BCUT2D eigenvalue weighted by molar-refractivity contribution is 7.98. The molecule has 4 aromatic rings. The van der Waals surface area contributed by atoms with Crippen molar-refractivity contribution >= 4 is 39.1 Å². The van der Waals surface area contributed by atoms with E-state index >= 15 is 0 Å². The predicted molar refractivity (Wildman–Crippen MR) is 122 cm³/mol. The number of rotatable bonds is 4. The lowest BCUT2D eigenvalue weighted by Crippen LogP contribution is -2.09. The summed E-state index contributed by atoms with van der Waals surface area (Å²) in [4.78, 5) is 11.8. The Morgan fingerprint density at radius 2 is 1.97 bits per heavy atom. The smallest absolute Gasteiger partial charge is 0.277 e. The van der Waals surface area contributed by atoms with Crippen molar-refractivity contribution in [2.75, 3.05) is 5.73 Å². The molecule has 154 valence electrons. The first-order valence-electron chi connectivity index (χ1n) is 10.1. The molecule has 5 rings (SSSR count). The summed E-state index contributed by atoms with van der Waals surface area (Å²) in [7, 11) is 0. The lowest BCUT2D eigenvalue weighted by molar-refractivity contribution is 0.465. The van der Waals surface area contributed by atoms with Gasteiger partial charge in [0.1, 0.15) is 16.5 Å². The van der Waals surface area contributed by atoms with E-state index in [1.807, 2.05) is 12.1 Å². The zero-order chi connectivity index (χ0) is 20.8. The summed E-state index contributed by atoms with van der Waals surface area (Å²) in [5.41, 5.74) is 11.0. The summed E-state index contributed by atoms with van der Waals surface area (Å²) in [6.45, 7) is 6.42. The molecule has 3 aromatic heterocycles. The van der Waals surface area contributed by atoms with Crippen molar-refractivity contribution in [1.82, 2.24) is 20.2 Å². The molecule has 3 heterocycles. The second-order valence-corrected chi connectivity index (χ2v) is 10.1. The molecule has 0 spiro atoms. The number of anilines is 1. The minimum absolute atomic E-state index is 0.505. The van der Waals surface area contributed by atoms with Crippen LogP contribution < -0.4 is 5.73 Å². The standard InChI is InChI=1S/C22H23N5OS2/c1-11-4-5-15-16(9-11)30-21-18(15)19(23)24-17(25-21)10-29-22-27-26-20(28-22)14-7-12(2)6-13(3)8-14/h6-8,11H,4-5,9-10H2,1-3H3,(H2,23,24,25). The van der Waals surface area contributed by atoms with E-state index in [0.717, 1.165) is 34.5 Å². The lowest BCUT2D eigenvalue weighted by atomic mass is 9.89. The molecular formula is C22H23N5OS2. The zero-order valence-corrected chi connectivity index (χ0v) is 18.9. The first kappa shape index (κ1) is 19.5. The van der Waals surface area contributed by atoms with Crippen LogP contribution in [0.3, 0.4) is 0 Å². The summed E-state index contributed by atoms with van der Waals surface area (Å²) in [6.07, 6.45) is 3.39. The zero-order valence-electron chi connectivity index (χ0n) is 17.2. The minimum Gasteiger partial charge on any atom is -0.411 e. The highest BCUT2D eigenvalue weighted by Crippen LogP contribution is 2.39. The number of aromatic nitrogens is 4. The molecule has 0 bridgehead atoms. The second-order valence-electron chi connectivity index (χ2n) is 8.10. The van der Waals surface area contributed by atoms with Gasteiger partial charge in [-0.25, -0.2) is 9.97 Å². The van der Waals surface area contributed by atoms with Crippen LogP contribution in [0.15, 0.2) is 27.8 Å². The van der Waals surface area contributed by atoms with Crippen molar-refractivity contribution in [2.24, 2.45) is 5.92 Å². The first-order chi connectivity index (χ1) is 14.5. The van der Waals surface area contributed by atoms with Crippen LogP contribution in [0.1, 0.15) is 40.7 Å². The Morgan fingerprint density at radius 1 is 1.17 bits per heavy atom. The molecule has 2 N–H and O–H groups in total. The summed E-state index contributed by atoms with van der Waals surface area (Å²) in [6, 6.07) is 6.22. The number of nitrogens with two attached hydrogens (primary N) is 1. The number of nitrogens with zero attached hydrogens (tertiary/aromatic N) is 4. The number of hydrogen-bond acceptors (Lipinski definition) is 8. The Labute approximate surface area is 183 Å². The Bertz CT molecular complexity index is 1230. The fraction of sp³-hybridized carbons (Fsp3) is 0.364. The number of thioether (sulfide) groups is 1. The average molecular weight is 438 g/mol. The maximum atomic E-state index is 6.33. The molecule has 1 atom stereocenters. The van der Waals surface area contributed by atoms with Crippen molar-refractivity contribution in [3.63, 3.8) is 0 Å². The Hall–Kier alpha value is -2.45. The SMILES string of the molecule is Cc1cc(C)cc(-c2nnc(SCc3nc(N)c4c5c(sc4n3)CC(C)CC5)o2)c1. The van der Waals surface area contributed by atoms with Gasteiger partial charge in [0.05, 0.1) is 11.1 Å². The maximum absolute atomic E-state index is 6.33. The maximum Gasteiger partial charge on any atom is 0.277 e. The molecule has 0 saturated carbocycles. The van der Waals surface area contributed by atoms with Crippen LogP contribution in [0.2, 0.25) is 0 Å². The highest BCUT2D eigenvalue weighted by atomic mass is 32.2. The van der Waals surface area contributed by atoms with E-state index in [4.69, 9.17) is 15.1 Å². The molecule has 0 radical (unpaired) electrons. The van der Waals surface area contributed by atoms with Gasteiger partial charge >= 0.3 is 0 Å². The molecule has 30 heavy (non-hydrogen) atoms. The van der Waals surface area contributed by atoms with Crippen molar-refractivity contribution in [1.29, 1.82) is 0 Å². The van der Waals surface area contributed by atoms with Gasteiger partial charge in [-0.15, -0.1) is 21.5 Å². The van der Waals surface area contributed by atoms with Gasteiger partial charge in [0.15, 0.2) is 0 Å². The number of thiophene rings is 1. The van der Waals surface area contributed by atoms with Crippen molar-refractivity contribution in [3.05, 3.63) is 45.6 Å². The number of fused-ring (bicyclic) bond motifs is 3. The topological polar surface area (TPSA) is 90.7 Å². The average Bonchev–Trinajstić information content (AvgIpc) is 3.29. The van der Waals surface area contributed by atoms with E-state index in [1.165, 1.54) is 39.8 Å². The second kappa shape index (κ2) is 7.67. The minimum atomic E-state index is 0.505. The molecule has 1 aromatic carbocycles. The molecule has 8 heteroatoms. The molecule has 6 nitrogen and oxygen atoms in total. The molecule has 0 saturated heterocycles. The van der Waals surface area contributed by atoms with Crippen LogP contribution in [0.5, 0.6) is 0 Å². The first-order valence-corrected chi connectivity index (χ1v) is 11.9. The van der Waals surface area contributed by atoms with Crippen LogP contribution in [0.25, 0.3) is 21.7 Å². The van der Waals surface area contributed by atoms with Crippen molar-refractivity contribution < 1.29 is 4.42 Å². The number of hydrogen-bond donors (Lipinski definition) is 1. The predicted octanol–water partition coefficient (Wildman–Crippen LogP) is 5.36. The third-order valence-electron chi connectivity index (χ3n) is 5.43. The quantitative estimate of drug-likeness (QED) is 0.430. The van der Waals surface area contributed by atoms with E-state index in [2.05, 4.69) is 42.0 Å². The van der Waals surface area contributed by atoms with Gasteiger partial charge in [0, 0.05) is 10.4 Å². The largest absolute Gasteiger partial charge is 0.411 e. The molecule has 0 amide bonds. The summed E-state index contributed by atoms with van der Waals surface area (Å²) >= 11 is 3.20. The highest BCUT2D eigenvalue weighted by Gasteiger charge is 2.23. The van der Waals surface area contributed by atoms with Gasteiger partial charge in [-0.2, -0.15) is 0 Å². The number of nitrogen functional groups attached to an aromatic ring is 1. The van der Waals surface area contributed by atoms with Crippen LogP contribution >= 0.6 is 23.1 Å². The van der Waals surface area contributed by atoms with Gasteiger partial charge in [-0.1, -0.05) is 35.9 Å². The molecular weight excluding hydrogens is 414 g/mol. The molecule has 1 aliphatic rings. The van der Waals surface area contributed by atoms with E-state index < -0.39 is 0 Å². The van der Waals surface area contributed by atoms with Gasteiger partial charge in [0.2, 0.25) is 5.89 Å². The monoisotopic (exact) mass is 437 g/mol. The van der Waals surface area contributed by atoms with Crippen LogP contribution in [-0.4, -0.2) is 20.2 Å². The van der Waals surface area contributed by atoms with Gasteiger partial charge in [-0.05, 0) is 56.7 Å². The van der Waals surface area contributed by atoms with E-state index in [9.17, 15) is 0 Å². The van der Waals surface area contributed by atoms with Crippen molar-refractivity contribution in [3.8, 4) is 11.5 Å². The van der Waals surface area contributed by atoms with Crippen LogP contribution in [0, 0.1) is 19.8 Å². The van der Waals surface area contributed by atoms with Crippen molar-refractivity contribution in [2.45, 2.75) is 51.0 Å². The fourth-order valence-electron chi connectivity index (χ4n) is 4.09. The van der Waals surface area contributed by atoms with Gasteiger partial charge < -0.3 is 10.2 Å². The number of aryl methyl sites for hydroxylation is 3. The Morgan fingerprint density at radius 3 is 2.77 bits per heavy atom. The normalized spacial score (nSPS) is 16.2.